The second kappa shape index (κ2) is 9.30. The van der Waals surface area contributed by atoms with Crippen LogP contribution in [0.5, 0.6) is 5.75 Å². The van der Waals surface area contributed by atoms with Gasteiger partial charge < -0.3 is 14.5 Å². The Kier molecular flexibility index (Phi) is 6.33. The van der Waals surface area contributed by atoms with Gasteiger partial charge in [0.25, 0.3) is 5.91 Å². The van der Waals surface area contributed by atoms with Gasteiger partial charge in [-0.15, -0.1) is 11.3 Å². The van der Waals surface area contributed by atoms with Crippen LogP contribution in [0.2, 0.25) is 0 Å². The van der Waals surface area contributed by atoms with Gasteiger partial charge in [-0.3, -0.25) is 4.79 Å². The van der Waals surface area contributed by atoms with Crippen LogP contribution in [0.3, 0.4) is 0 Å². The number of thiazole rings is 1. The summed E-state index contributed by atoms with van der Waals surface area (Å²) in [6, 6.07) is 17.9. The maximum absolute atomic E-state index is 12.9. The average molecular weight is 422 g/mol. The molecule has 1 fully saturated rings. The molecule has 156 valence electrons. The van der Waals surface area contributed by atoms with Crippen molar-refractivity contribution in [3.8, 4) is 17.0 Å². The molecule has 1 aliphatic heterocycles. The van der Waals surface area contributed by atoms with Gasteiger partial charge in [-0.2, -0.15) is 0 Å². The highest BCUT2D eigenvalue weighted by molar-refractivity contribution is 7.10. The second-order valence-corrected chi connectivity index (χ2v) is 8.60. The number of anilines is 1. The highest BCUT2D eigenvalue weighted by Crippen LogP contribution is 2.35. The molecule has 6 heteroatoms. The first-order chi connectivity index (χ1) is 14.6. The third-order valence-corrected chi connectivity index (χ3v) is 6.36. The van der Waals surface area contributed by atoms with Gasteiger partial charge in [0.05, 0.1) is 11.7 Å². The number of carbonyl (C=O) groups is 1. The van der Waals surface area contributed by atoms with E-state index in [9.17, 15) is 4.79 Å². The summed E-state index contributed by atoms with van der Waals surface area (Å²) in [5, 5.41) is 3.10. The van der Waals surface area contributed by atoms with Crippen molar-refractivity contribution < 1.29 is 9.53 Å². The number of hydrogen-bond acceptors (Lipinski definition) is 5. The van der Waals surface area contributed by atoms with Gasteiger partial charge in [-0.05, 0) is 43.5 Å². The molecule has 1 amide bonds. The minimum Gasteiger partial charge on any atom is -0.484 e. The van der Waals surface area contributed by atoms with E-state index in [0.29, 0.717) is 0 Å². The number of para-hydroxylation sites is 1. The molecular weight excluding hydrogens is 394 g/mol. The molecule has 0 unspecified atom stereocenters. The first-order valence-corrected chi connectivity index (χ1v) is 11.2. The molecule has 2 aromatic carbocycles. The molecule has 0 radical (unpaired) electrons. The van der Waals surface area contributed by atoms with Crippen molar-refractivity contribution in [3.05, 3.63) is 65.0 Å². The SMILES string of the molecule is CN(C)c1ccc(-c2csc([C@H]3CCCCN3C(=O)COc3ccccc3)n2)cc1. The number of carbonyl (C=O) groups excluding carboxylic acids is 1. The highest BCUT2D eigenvalue weighted by atomic mass is 32.1. The average Bonchev–Trinajstić information content (AvgIpc) is 3.28. The second-order valence-electron chi connectivity index (χ2n) is 7.71. The van der Waals surface area contributed by atoms with Crippen molar-refractivity contribution in [3.63, 3.8) is 0 Å². The Bertz CT molecular complexity index is 970. The van der Waals surface area contributed by atoms with Gasteiger partial charge in [0.1, 0.15) is 10.8 Å². The van der Waals surface area contributed by atoms with Crippen LogP contribution < -0.4 is 9.64 Å². The third-order valence-electron chi connectivity index (χ3n) is 5.42. The largest absolute Gasteiger partial charge is 0.484 e. The molecule has 0 aliphatic carbocycles. The van der Waals surface area contributed by atoms with Crippen molar-refractivity contribution >= 4 is 22.9 Å². The van der Waals surface area contributed by atoms with E-state index in [2.05, 4.69) is 34.5 Å². The molecule has 3 aromatic rings. The minimum absolute atomic E-state index is 0.0237. The van der Waals surface area contributed by atoms with Crippen molar-refractivity contribution in [2.45, 2.75) is 25.3 Å². The molecular formula is C24H27N3O2S. The molecule has 1 aromatic heterocycles. The number of nitrogens with zero attached hydrogens (tertiary/aromatic N) is 3. The quantitative estimate of drug-likeness (QED) is 0.561. The zero-order valence-corrected chi connectivity index (χ0v) is 18.3. The molecule has 1 atom stereocenters. The molecule has 0 spiro atoms. The van der Waals surface area contributed by atoms with E-state index >= 15 is 0 Å². The monoisotopic (exact) mass is 421 g/mol. The van der Waals surface area contributed by atoms with Crippen molar-refractivity contribution in [2.75, 3.05) is 32.1 Å². The van der Waals surface area contributed by atoms with Crippen LogP contribution in [-0.4, -0.2) is 43.0 Å². The van der Waals surface area contributed by atoms with Crippen LogP contribution in [0.25, 0.3) is 11.3 Å². The van der Waals surface area contributed by atoms with E-state index in [1.807, 2.05) is 49.3 Å². The molecule has 5 nitrogen and oxygen atoms in total. The summed E-state index contributed by atoms with van der Waals surface area (Å²) in [4.78, 5) is 21.8. The number of benzene rings is 2. The smallest absolute Gasteiger partial charge is 0.261 e. The van der Waals surface area contributed by atoms with E-state index in [4.69, 9.17) is 9.72 Å². The third kappa shape index (κ3) is 4.65. The number of hydrogen-bond donors (Lipinski definition) is 0. The Balaban J connectivity index is 1.47. The predicted molar refractivity (Wildman–Crippen MR) is 122 cm³/mol. The number of ether oxygens (including phenoxy) is 1. The predicted octanol–water partition coefficient (Wildman–Crippen LogP) is 5.01. The Morgan fingerprint density at radius 1 is 1.13 bits per heavy atom. The lowest BCUT2D eigenvalue weighted by atomic mass is 10.0. The maximum atomic E-state index is 12.9. The van der Waals surface area contributed by atoms with Crippen LogP contribution in [0, 0.1) is 0 Å². The summed E-state index contributed by atoms with van der Waals surface area (Å²) in [6.07, 6.45) is 3.09. The molecule has 0 bridgehead atoms. The lowest BCUT2D eigenvalue weighted by Gasteiger charge is -2.34. The Hall–Kier alpha value is -2.86. The lowest BCUT2D eigenvalue weighted by Crippen LogP contribution is -2.41. The van der Waals surface area contributed by atoms with Crippen molar-refractivity contribution in [2.24, 2.45) is 0 Å². The molecule has 1 saturated heterocycles. The van der Waals surface area contributed by atoms with Crippen LogP contribution in [0.4, 0.5) is 5.69 Å². The number of piperidine rings is 1. The van der Waals surface area contributed by atoms with E-state index in [-0.39, 0.29) is 18.6 Å². The van der Waals surface area contributed by atoms with Crippen LogP contribution in [0.1, 0.15) is 30.3 Å². The van der Waals surface area contributed by atoms with Crippen LogP contribution in [0.15, 0.2) is 60.0 Å². The maximum Gasteiger partial charge on any atom is 0.261 e. The Labute approximate surface area is 181 Å². The van der Waals surface area contributed by atoms with Gasteiger partial charge in [-0.25, -0.2) is 4.98 Å². The molecule has 2 heterocycles. The number of rotatable bonds is 6. The fourth-order valence-corrected chi connectivity index (χ4v) is 4.71. The van der Waals surface area contributed by atoms with E-state index in [1.165, 1.54) is 0 Å². The summed E-state index contributed by atoms with van der Waals surface area (Å²) < 4.78 is 5.70. The van der Waals surface area contributed by atoms with Crippen molar-refractivity contribution in [1.82, 2.24) is 9.88 Å². The molecule has 30 heavy (non-hydrogen) atoms. The summed E-state index contributed by atoms with van der Waals surface area (Å²) in [5.74, 6) is 0.743. The Morgan fingerprint density at radius 2 is 1.90 bits per heavy atom. The summed E-state index contributed by atoms with van der Waals surface area (Å²) in [7, 11) is 4.07. The van der Waals surface area contributed by atoms with Crippen LogP contribution in [-0.2, 0) is 4.79 Å². The minimum atomic E-state index is 0.0237. The molecule has 1 aliphatic rings. The lowest BCUT2D eigenvalue weighted by molar-refractivity contribution is -0.137. The summed E-state index contributed by atoms with van der Waals surface area (Å²) >= 11 is 1.64. The van der Waals surface area contributed by atoms with Crippen molar-refractivity contribution in [1.29, 1.82) is 0 Å². The fourth-order valence-electron chi connectivity index (χ4n) is 3.74. The van der Waals surface area contributed by atoms with E-state index in [1.54, 1.807) is 11.3 Å². The van der Waals surface area contributed by atoms with Gasteiger partial charge in [-0.1, -0.05) is 30.3 Å². The fraction of sp³-hybridized carbons (Fsp3) is 0.333. The van der Waals surface area contributed by atoms with Gasteiger partial charge >= 0.3 is 0 Å². The topological polar surface area (TPSA) is 45.7 Å². The highest BCUT2D eigenvalue weighted by Gasteiger charge is 2.30. The van der Waals surface area contributed by atoms with Gasteiger partial charge in [0.15, 0.2) is 6.61 Å². The number of aromatic nitrogens is 1. The summed E-state index contributed by atoms with van der Waals surface area (Å²) in [6.45, 7) is 0.818. The molecule has 0 saturated carbocycles. The standard InChI is InChI=1S/C24H27N3O2S/c1-26(2)19-13-11-18(12-14-19)21-17-30-24(25-21)22-10-6-7-15-27(22)23(28)16-29-20-8-4-3-5-9-20/h3-5,8-9,11-14,17,22H,6-7,10,15-16H2,1-2H3/t22-/m1/s1. The zero-order valence-electron chi connectivity index (χ0n) is 17.5. The first kappa shape index (κ1) is 20.4. The number of amides is 1. The van der Waals surface area contributed by atoms with Gasteiger partial charge in [0.2, 0.25) is 0 Å². The zero-order chi connectivity index (χ0) is 20.9. The van der Waals surface area contributed by atoms with Gasteiger partial charge in [0, 0.05) is 37.3 Å². The molecule has 4 rings (SSSR count). The van der Waals surface area contributed by atoms with Crippen LogP contribution >= 0.6 is 11.3 Å². The van der Waals surface area contributed by atoms with E-state index in [0.717, 1.165) is 53.5 Å². The van der Waals surface area contributed by atoms with E-state index < -0.39 is 0 Å². The first-order valence-electron chi connectivity index (χ1n) is 10.3. The summed E-state index contributed by atoms with van der Waals surface area (Å²) in [5.41, 5.74) is 3.24. The normalized spacial score (nSPS) is 16.3. The molecule has 0 N–H and O–H groups in total. The number of likely N-dealkylation sites (tertiary alicyclic amines) is 1. The Morgan fingerprint density at radius 3 is 2.63 bits per heavy atom.